The molecule has 0 saturated heterocycles. The molecular formula is C16H11ClN6O2S. The minimum atomic E-state index is -0.362. The molecule has 0 unspecified atom stereocenters. The Morgan fingerprint density at radius 1 is 1.31 bits per heavy atom. The molecule has 130 valence electrons. The average Bonchev–Trinajstić information content (AvgIpc) is 3.27. The molecule has 8 nitrogen and oxygen atoms in total. The highest BCUT2D eigenvalue weighted by molar-refractivity contribution is 7.15. The molecule has 26 heavy (non-hydrogen) atoms. The van der Waals surface area contributed by atoms with Gasteiger partial charge in [-0.15, -0.1) is 11.3 Å². The number of thiophene rings is 1. The molecule has 0 spiro atoms. The van der Waals surface area contributed by atoms with E-state index in [9.17, 15) is 9.59 Å². The molecule has 0 atom stereocenters. The lowest BCUT2D eigenvalue weighted by Crippen LogP contribution is -2.27. The van der Waals surface area contributed by atoms with Gasteiger partial charge in [0.25, 0.3) is 5.56 Å². The van der Waals surface area contributed by atoms with Crippen LogP contribution in [-0.2, 0) is 11.3 Å². The van der Waals surface area contributed by atoms with Crippen LogP contribution in [0.3, 0.4) is 0 Å². The van der Waals surface area contributed by atoms with Gasteiger partial charge in [-0.3, -0.25) is 24.2 Å². The molecule has 1 amide bonds. The van der Waals surface area contributed by atoms with E-state index in [0.29, 0.717) is 32.4 Å². The smallest absolute Gasteiger partial charge is 0.251 e. The number of hydrogen-bond acceptors (Lipinski definition) is 6. The van der Waals surface area contributed by atoms with Crippen LogP contribution in [0, 0.1) is 0 Å². The summed E-state index contributed by atoms with van der Waals surface area (Å²) in [6.45, 7) is -0.148. The van der Waals surface area contributed by atoms with Gasteiger partial charge in [-0.05, 0) is 18.2 Å². The molecule has 0 fully saturated rings. The minimum absolute atomic E-state index is 0.148. The Hall–Kier alpha value is -3.04. The van der Waals surface area contributed by atoms with E-state index in [0.717, 1.165) is 0 Å². The summed E-state index contributed by atoms with van der Waals surface area (Å²) >= 11 is 7.45. The van der Waals surface area contributed by atoms with Gasteiger partial charge in [0, 0.05) is 17.6 Å². The molecule has 0 aromatic carbocycles. The van der Waals surface area contributed by atoms with E-state index in [1.165, 1.54) is 28.3 Å². The van der Waals surface area contributed by atoms with Crippen molar-refractivity contribution in [3.63, 3.8) is 0 Å². The molecule has 0 aliphatic rings. The molecule has 0 aliphatic carbocycles. The van der Waals surface area contributed by atoms with Crippen molar-refractivity contribution in [1.29, 1.82) is 0 Å². The number of amides is 1. The molecular weight excluding hydrogens is 376 g/mol. The number of nitrogens with zero attached hydrogens (tertiary/aromatic N) is 4. The highest BCUT2D eigenvalue weighted by atomic mass is 35.5. The van der Waals surface area contributed by atoms with E-state index in [1.807, 2.05) is 0 Å². The number of halogens is 1. The van der Waals surface area contributed by atoms with Crippen LogP contribution in [-0.4, -0.2) is 30.6 Å². The van der Waals surface area contributed by atoms with Gasteiger partial charge in [0.1, 0.15) is 17.9 Å². The number of H-pyrrole nitrogens is 1. The minimum Gasteiger partial charge on any atom is -0.315 e. The lowest BCUT2D eigenvalue weighted by molar-refractivity contribution is -0.116. The van der Waals surface area contributed by atoms with E-state index in [2.05, 4.69) is 25.5 Å². The van der Waals surface area contributed by atoms with E-state index in [-0.39, 0.29) is 18.0 Å². The summed E-state index contributed by atoms with van der Waals surface area (Å²) in [6, 6.07) is 6.49. The fourth-order valence-corrected chi connectivity index (χ4v) is 3.76. The van der Waals surface area contributed by atoms with Crippen LogP contribution < -0.4 is 10.9 Å². The number of aromatic nitrogens is 5. The van der Waals surface area contributed by atoms with Gasteiger partial charge in [0.2, 0.25) is 5.91 Å². The maximum absolute atomic E-state index is 12.5. The van der Waals surface area contributed by atoms with E-state index in [4.69, 9.17) is 11.6 Å². The number of pyridine rings is 2. The van der Waals surface area contributed by atoms with Gasteiger partial charge in [-0.25, -0.2) is 4.98 Å². The molecule has 4 aromatic rings. The summed E-state index contributed by atoms with van der Waals surface area (Å²) in [5.74, 6) is 0.0248. The number of carbonyl (C=O) groups is 1. The van der Waals surface area contributed by atoms with Crippen LogP contribution >= 0.6 is 22.9 Å². The van der Waals surface area contributed by atoms with Crippen molar-refractivity contribution in [2.24, 2.45) is 0 Å². The fourth-order valence-electron chi connectivity index (χ4n) is 2.56. The molecule has 0 saturated carbocycles. The Balaban J connectivity index is 1.64. The first-order valence-electron chi connectivity index (χ1n) is 7.51. The van der Waals surface area contributed by atoms with Crippen LogP contribution in [0.1, 0.15) is 0 Å². The van der Waals surface area contributed by atoms with Gasteiger partial charge in [0.15, 0.2) is 5.82 Å². The highest BCUT2D eigenvalue weighted by Gasteiger charge is 2.18. The zero-order valence-electron chi connectivity index (χ0n) is 13.1. The summed E-state index contributed by atoms with van der Waals surface area (Å²) in [5, 5.41) is 12.0. The topological polar surface area (TPSA) is 106 Å². The summed E-state index contributed by atoms with van der Waals surface area (Å²) in [5.41, 5.74) is 1.49. The number of hydrogen-bond donors (Lipinski definition) is 2. The monoisotopic (exact) mass is 386 g/mol. The zero-order chi connectivity index (χ0) is 18.1. The van der Waals surface area contributed by atoms with Gasteiger partial charge in [-0.2, -0.15) is 5.10 Å². The fraction of sp³-hybridized carbons (Fsp3) is 0.0625. The highest BCUT2D eigenvalue weighted by Crippen LogP contribution is 2.38. The molecule has 0 bridgehead atoms. The number of rotatable bonds is 4. The van der Waals surface area contributed by atoms with Gasteiger partial charge < -0.3 is 5.32 Å². The molecule has 4 heterocycles. The largest absolute Gasteiger partial charge is 0.315 e. The standard InChI is InChI=1S/C16H11ClN6O2S/c17-9-7-26-16(14(9)15-19-8-20-22-15)21-12(24)6-23-11-2-1-5-18-10(11)3-4-13(23)25/h1-5,7-8H,6H2,(H,21,24)(H,19,20,22). The van der Waals surface area contributed by atoms with Crippen molar-refractivity contribution >= 4 is 44.9 Å². The van der Waals surface area contributed by atoms with E-state index in [1.54, 1.807) is 29.8 Å². The molecule has 4 aromatic heterocycles. The van der Waals surface area contributed by atoms with Crippen molar-refractivity contribution < 1.29 is 4.79 Å². The SMILES string of the molecule is O=C(Cn1c(=O)ccc2ncccc21)Nc1scc(Cl)c1-c1nc[nH]n1. The quantitative estimate of drug-likeness (QED) is 0.560. The van der Waals surface area contributed by atoms with Crippen molar-refractivity contribution in [3.05, 3.63) is 57.5 Å². The van der Waals surface area contributed by atoms with Gasteiger partial charge >= 0.3 is 0 Å². The molecule has 4 rings (SSSR count). The summed E-state index contributed by atoms with van der Waals surface area (Å²) in [6.07, 6.45) is 3.06. The summed E-state index contributed by atoms with van der Waals surface area (Å²) < 4.78 is 1.37. The number of fused-ring (bicyclic) bond motifs is 1. The van der Waals surface area contributed by atoms with Crippen molar-refractivity contribution in [2.45, 2.75) is 6.54 Å². The van der Waals surface area contributed by atoms with Crippen LogP contribution in [0.2, 0.25) is 5.02 Å². The van der Waals surface area contributed by atoms with Crippen LogP contribution in [0.25, 0.3) is 22.4 Å². The predicted octanol–water partition coefficient (Wildman–Crippen LogP) is 2.54. The van der Waals surface area contributed by atoms with E-state index >= 15 is 0 Å². The molecule has 0 radical (unpaired) electrons. The Morgan fingerprint density at radius 2 is 2.19 bits per heavy atom. The Kier molecular flexibility index (Phi) is 4.23. The van der Waals surface area contributed by atoms with Crippen molar-refractivity contribution in [1.82, 2.24) is 24.7 Å². The second-order valence-electron chi connectivity index (χ2n) is 5.32. The third-order valence-electron chi connectivity index (χ3n) is 3.70. The number of aromatic amines is 1. The van der Waals surface area contributed by atoms with Crippen LogP contribution in [0.4, 0.5) is 5.00 Å². The summed E-state index contributed by atoms with van der Waals surface area (Å²) in [4.78, 5) is 33.0. The maximum atomic E-state index is 12.5. The Labute approximate surface area is 155 Å². The first-order valence-corrected chi connectivity index (χ1v) is 8.77. The average molecular weight is 387 g/mol. The zero-order valence-corrected chi connectivity index (χ0v) is 14.7. The second-order valence-corrected chi connectivity index (χ2v) is 6.61. The number of anilines is 1. The number of carbonyl (C=O) groups excluding carboxylic acids is 1. The maximum Gasteiger partial charge on any atom is 0.251 e. The van der Waals surface area contributed by atoms with Crippen LogP contribution in [0.15, 0.2) is 47.0 Å². The first-order chi connectivity index (χ1) is 12.6. The van der Waals surface area contributed by atoms with E-state index < -0.39 is 0 Å². The second kappa shape index (κ2) is 6.70. The third kappa shape index (κ3) is 2.98. The molecule has 10 heteroatoms. The Bertz CT molecular complexity index is 1150. The number of nitrogens with one attached hydrogen (secondary N) is 2. The van der Waals surface area contributed by atoms with Gasteiger partial charge in [0.05, 0.1) is 21.6 Å². The van der Waals surface area contributed by atoms with Gasteiger partial charge in [-0.1, -0.05) is 11.6 Å². The van der Waals surface area contributed by atoms with Crippen LogP contribution in [0.5, 0.6) is 0 Å². The normalized spacial score (nSPS) is 11.0. The van der Waals surface area contributed by atoms with Crippen molar-refractivity contribution in [2.75, 3.05) is 5.32 Å². The predicted molar refractivity (Wildman–Crippen MR) is 99.3 cm³/mol. The lowest BCUT2D eigenvalue weighted by Gasteiger charge is -2.10. The Morgan fingerprint density at radius 3 is 3.00 bits per heavy atom. The molecule has 2 N–H and O–H groups in total. The lowest BCUT2D eigenvalue weighted by atomic mass is 10.3. The summed E-state index contributed by atoms with van der Waals surface area (Å²) in [7, 11) is 0. The third-order valence-corrected chi connectivity index (χ3v) is 5.02. The first kappa shape index (κ1) is 16.4. The molecule has 0 aliphatic heterocycles. The van der Waals surface area contributed by atoms with Crippen molar-refractivity contribution in [3.8, 4) is 11.4 Å².